The number of aromatic nitrogens is 1. The van der Waals surface area contributed by atoms with Crippen LogP contribution in [-0.2, 0) is 11.3 Å². The smallest absolute Gasteiger partial charge is 0.226 e. The molecule has 0 bridgehead atoms. The standard InChI is InChI=1S/C26H37FN4O2/c1-19-5-3-11-30(16-19)12-4-10-28-25(32)21-8-13-31(14-9-21)17-23-18-33-26(29-23)22-6-7-24(27)20(2)15-22/h6-7,15,18-19,21H,3-5,8-14,16-17H2,1-2H3,(H,28,32)/t19-/m1/s1. The fourth-order valence-electron chi connectivity index (χ4n) is 5.02. The summed E-state index contributed by atoms with van der Waals surface area (Å²) < 4.78 is 19.1. The summed E-state index contributed by atoms with van der Waals surface area (Å²) in [6, 6.07) is 4.88. The third kappa shape index (κ3) is 6.64. The maximum atomic E-state index is 13.5. The third-order valence-electron chi connectivity index (χ3n) is 6.99. The number of carbonyl (C=O) groups excluding carboxylic acids is 1. The summed E-state index contributed by atoms with van der Waals surface area (Å²) in [4.78, 5) is 22.0. The number of rotatable bonds is 8. The zero-order chi connectivity index (χ0) is 23.2. The molecule has 0 aliphatic carbocycles. The number of oxazole rings is 1. The maximum absolute atomic E-state index is 13.5. The maximum Gasteiger partial charge on any atom is 0.226 e. The molecule has 1 N–H and O–H groups in total. The Labute approximate surface area is 196 Å². The lowest BCUT2D eigenvalue weighted by Crippen LogP contribution is -2.41. The van der Waals surface area contributed by atoms with Gasteiger partial charge >= 0.3 is 0 Å². The van der Waals surface area contributed by atoms with E-state index in [4.69, 9.17) is 4.42 Å². The first-order valence-corrected chi connectivity index (χ1v) is 12.4. The van der Waals surface area contributed by atoms with Gasteiger partial charge in [0, 0.05) is 31.1 Å². The van der Waals surface area contributed by atoms with Gasteiger partial charge in [0.15, 0.2) is 0 Å². The number of aryl methyl sites for hydroxylation is 1. The highest BCUT2D eigenvalue weighted by Crippen LogP contribution is 2.23. The predicted octanol–water partition coefficient (Wildman–Crippen LogP) is 4.24. The van der Waals surface area contributed by atoms with Gasteiger partial charge in [-0.25, -0.2) is 9.37 Å². The van der Waals surface area contributed by atoms with E-state index >= 15 is 0 Å². The van der Waals surface area contributed by atoms with Crippen molar-refractivity contribution < 1.29 is 13.6 Å². The van der Waals surface area contributed by atoms with Crippen LogP contribution in [-0.4, -0.2) is 60.0 Å². The van der Waals surface area contributed by atoms with E-state index in [1.165, 1.54) is 32.0 Å². The fourth-order valence-corrected chi connectivity index (χ4v) is 5.02. The van der Waals surface area contributed by atoms with E-state index in [2.05, 4.69) is 27.0 Å². The number of nitrogens with one attached hydrogen (secondary N) is 1. The SMILES string of the molecule is Cc1cc(-c2nc(CN3CCC(C(=O)NCCCN4CCC[C@@H](C)C4)CC3)co2)ccc1F. The van der Waals surface area contributed by atoms with Crippen LogP contribution in [0.2, 0.25) is 0 Å². The lowest BCUT2D eigenvalue weighted by atomic mass is 9.96. The molecule has 2 saturated heterocycles. The largest absolute Gasteiger partial charge is 0.444 e. The van der Waals surface area contributed by atoms with Crippen LogP contribution in [0.5, 0.6) is 0 Å². The first-order chi connectivity index (χ1) is 16.0. The molecule has 6 nitrogen and oxygen atoms in total. The van der Waals surface area contributed by atoms with Crippen molar-refractivity contribution in [3.8, 4) is 11.5 Å². The molecule has 33 heavy (non-hydrogen) atoms. The molecular formula is C26H37FN4O2. The van der Waals surface area contributed by atoms with Gasteiger partial charge in [0.2, 0.25) is 11.8 Å². The van der Waals surface area contributed by atoms with E-state index in [1.807, 2.05) is 0 Å². The summed E-state index contributed by atoms with van der Waals surface area (Å²) in [5.41, 5.74) is 2.22. The Bertz CT molecular complexity index is 923. The van der Waals surface area contributed by atoms with Crippen molar-refractivity contribution in [2.45, 2.75) is 52.5 Å². The molecular weight excluding hydrogens is 419 g/mol. The van der Waals surface area contributed by atoms with Crippen LogP contribution >= 0.6 is 0 Å². The van der Waals surface area contributed by atoms with Crippen molar-refractivity contribution in [3.05, 3.63) is 41.5 Å². The number of halogens is 1. The molecule has 2 fully saturated rings. The molecule has 1 aromatic heterocycles. The van der Waals surface area contributed by atoms with Crippen LogP contribution in [0.1, 0.15) is 50.3 Å². The molecule has 1 aromatic carbocycles. The topological polar surface area (TPSA) is 61.6 Å². The van der Waals surface area contributed by atoms with Gasteiger partial charge in [0.1, 0.15) is 12.1 Å². The Kier molecular flexibility index (Phi) is 8.15. The first-order valence-electron chi connectivity index (χ1n) is 12.4. The van der Waals surface area contributed by atoms with E-state index in [9.17, 15) is 9.18 Å². The Hall–Kier alpha value is -2.25. The van der Waals surface area contributed by atoms with Gasteiger partial charge in [-0.1, -0.05) is 6.92 Å². The van der Waals surface area contributed by atoms with Gasteiger partial charge in [0.05, 0.1) is 5.69 Å². The van der Waals surface area contributed by atoms with Gasteiger partial charge in [0.25, 0.3) is 0 Å². The van der Waals surface area contributed by atoms with Gasteiger partial charge in [-0.15, -0.1) is 0 Å². The van der Waals surface area contributed by atoms with E-state index in [-0.39, 0.29) is 17.6 Å². The number of hydrogen-bond donors (Lipinski definition) is 1. The summed E-state index contributed by atoms with van der Waals surface area (Å²) in [7, 11) is 0. The molecule has 3 heterocycles. The molecule has 0 unspecified atom stereocenters. The summed E-state index contributed by atoms with van der Waals surface area (Å²) in [6.07, 6.45) is 7.09. The second-order valence-corrected chi connectivity index (χ2v) is 9.85. The first kappa shape index (κ1) is 23.9. The van der Waals surface area contributed by atoms with E-state index in [0.29, 0.717) is 18.0 Å². The summed E-state index contributed by atoms with van der Waals surface area (Å²) >= 11 is 0. The van der Waals surface area contributed by atoms with Crippen molar-refractivity contribution in [1.29, 1.82) is 0 Å². The Morgan fingerprint density at radius 2 is 2.03 bits per heavy atom. The lowest BCUT2D eigenvalue weighted by molar-refractivity contribution is -0.126. The van der Waals surface area contributed by atoms with Gasteiger partial charge in [-0.2, -0.15) is 0 Å². The van der Waals surface area contributed by atoms with Crippen LogP contribution in [0.25, 0.3) is 11.5 Å². The van der Waals surface area contributed by atoms with Crippen LogP contribution < -0.4 is 5.32 Å². The quantitative estimate of drug-likeness (QED) is 0.602. The average Bonchev–Trinajstić information content (AvgIpc) is 3.27. The molecule has 2 aliphatic heterocycles. The van der Waals surface area contributed by atoms with Crippen molar-refractivity contribution in [2.24, 2.45) is 11.8 Å². The van der Waals surface area contributed by atoms with Gasteiger partial charge in [-0.3, -0.25) is 9.69 Å². The van der Waals surface area contributed by atoms with Crippen LogP contribution in [0.15, 0.2) is 28.9 Å². The molecule has 1 amide bonds. The van der Waals surface area contributed by atoms with Crippen molar-refractivity contribution >= 4 is 5.91 Å². The Morgan fingerprint density at radius 3 is 2.79 bits per heavy atom. The number of amides is 1. The third-order valence-corrected chi connectivity index (χ3v) is 6.99. The van der Waals surface area contributed by atoms with Crippen molar-refractivity contribution in [1.82, 2.24) is 20.1 Å². The molecule has 2 aromatic rings. The second kappa shape index (κ2) is 11.3. The van der Waals surface area contributed by atoms with Crippen LogP contribution in [0.4, 0.5) is 4.39 Å². The van der Waals surface area contributed by atoms with E-state index < -0.39 is 0 Å². The number of carbonyl (C=O) groups is 1. The van der Waals surface area contributed by atoms with Gasteiger partial charge in [-0.05, 0) is 94.9 Å². The monoisotopic (exact) mass is 456 g/mol. The number of benzene rings is 1. The summed E-state index contributed by atoms with van der Waals surface area (Å²) in [5.74, 6) is 1.40. The zero-order valence-corrected chi connectivity index (χ0v) is 20.0. The number of piperidine rings is 2. The van der Waals surface area contributed by atoms with Gasteiger partial charge < -0.3 is 14.6 Å². The molecule has 0 saturated carbocycles. The van der Waals surface area contributed by atoms with E-state index in [1.54, 1.807) is 25.3 Å². The molecule has 4 rings (SSSR count). The number of hydrogen-bond acceptors (Lipinski definition) is 5. The zero-order valence-electron chi connectivity index (χ0n) is 20.0. The van der Waals surface area contributed by atoms with Crippen molar-refractivity contribution in [3.63, 3.8) is 0 Å². The minimum absolute atomic E-state index is 0.103. The highest BCUT2D eigenvalue weighted by molar-refractivity contribution is 5.78. The average molecular weight is 457 g/mol. The Balaban J connectivity index is 1.16. The fraction of sp³-hybridized carbons (Fsp3) is 0.615. The highest BCUT2D eigenvalue weighted by atomic mass is 19.1. The van der Waals surface area contributed by atoms with Crippen LogP contribution in [0, 0.1) is 24.6 Å². The number of likely N-dealkylation sites (tertiary alicyclic amines) is 2. The minimum Gasteiger partial charge on any atom is -0.444 e. The number of nitrogens with zero attached hydrogens (tertiary/aromatic N) is 3. The molecule has 0 spiro atoms. The van der Waals surface area contributed by atoms with E-state index in [0.717, 1.165) is 62.6 Å². The molecule has 0 radical (unpaired) electrons. The Morgan fingerprint density at radius 1 is 1.21 bits per heavy atom. The molecule has 180 valence electrons. The highest BCUT2D eigenvalue weighted by Gasteiger charge is 2.25. The summed E-state index contributed by atoms with van der Waals surface area (Å²) in [5, 5.41) is 3.16. The van der Waals surface area contributed by atoms with Crippen molar-refractivity contribution in [2.75, 3.05) is 39.3 Å². The van der Waals surface area contributed by atoms with Crippen LogP contribution in [0.3, 0.4) is 0 Å². The second-order valence-electron chi connectivity index (χ2n) is 9.85. The molecule has 2 aliphatic rings. The predicted molar refractivity (Wildman–Crippen MR) is 127 cm³/mol. The molecule has 1 atom stereocenters. The normalized spacial score (nSPS) is 20.8. The molecule has 7 heteroatoms. The summed E-state index contributed by atoms with van der Waals surface area (Å²) in [6.45, 7) is 10.8. The lowest BCUT2D eigenvalue weighted by Gasteiger charge is -2.31. The minimum atomic E-state index is -0.228.